The van der Waals surface area contributed by atoms with Crippen molar-refractivity contribution in [2.75, 3.05) is 31.7 Å². The van der Waals surface area contributed by atoms with Crippen molar-refractivity contribution in [2.24, 2.45) is 5.11 Å². The summed E-state index contributed by atoms with van der Waals surface area (Å²) in [6.07, 6.45) is 1.48. The molecule has 7 heteroatoms. The SMILES string of the molecule is CCSCCC(NCCCN=[N+]=[N-])C(=O)OC. The maximum atomic E-state index is 11.5. The molecule has 0 aromatic heterocycles. The molecule has 1 unspecified atom stereocenters. The van der Waals surface area contributed by atoms with Gasteiger partial charge in [-0.05, 0) is 36.4 Å². The van der Waals surface area contributed by atoms with Gasteiger partial charge in [-0.2, -0.15) is 11.8 Å². The highest BCUT2D eigenvalue weighted by Crippen LogP contribution is 2.05. The number of azide groups is 1. The number of ether oxygens (including phenoxy) is 1. The summed E-state index contributed by atoms with van der Waals surface area (Å²) in [5.74, 6) is 1.75. The lowest BCUT2D eigenvalue weighted by Gasteiger charge is -2.15. The fraction of sp³-hybridized carbons (Fsp3) is 0.900. The van der Waals surface area contributed by atoms with Crippen LogP contribution in [-0.2, 0) is 9.53 Å². The van der Waals surface area contributed by atoms with E-state index in [0.717, 1.165) is 24.3 Å². The third kappa shape index (κ3) is 8.85. The van der Waals surface area contributed by atoms with Crippen LogP contribution >= 0.6 is 11.8 Å². The molecule has 0 aliphatic carbocycles. The standard InChI is InChI=1S/C10H20N4O2S/c1-3-17-8-5-9(10(15)16-2)12-6-4-7-13-14-11/h9,12H,3-8H2,1-2H3. The van der Waals surface area contributed by atoms with Crippen LogP contribution in [0.25, 0.3) is 10.4 Å². The summed E-state index contributed by atoms with van der Waals surface area (Å²) in [6, 6.07) is -0.259. The zero-order valence-corrected chi connectivity index (χ0v) is 11.2. The first kappa shape index (κ1) is 16.1. The van der Waals surface area contributed by atoms with Gasteiger partial charge in [-0.1, -0.05) is 12.0 Å². The second-order valence-corrected chi connectivity index (χ2v) is 4.72. The number of nitrogens with one attached hydrogen (secondary N) is 1. The normalized spacial score (nSPS) is 11.6. The minimum Gasteiger partial charge on any atom is -0.468 e. The van der Waals surface area contributed by atoms with Gasteiger partial charge in [0, 0.05) is 11.5 Å². The second-order valence-electron chi connectivity index (χ2n) is 3.32. The van der Waals surface area contributed by atoms with Crippen molar-refractivity contribution < 1.29 is 9.53 Å². The first-order valence-corrected chi connectivity index (χ1v) is 6.81. The van der Waals surface area contributed by atoms with E-state index in [9.17, 15) is 4.79 Å². The first-order chi connectivity index (χ1) is 8.26. The maximum Gasteiger partial charge on any atom is 0.322 e. The number of methoxy groups -OCH3 is 1. The lowest BCUT2D eigenvalue weighted by molar-refractivity contribution is -0.143. The number of carbonyl (C=O) groups is 1. The molecule has 0 rings (SSSR count). The molecule has 0 heterocycles. The molecule has 0 radical (unpaired) electrons. The molecule has 0 aliphatic heterocycles. The monoisotopic (exact) mass is 260 g/mol. The van der Waals surface area contributed by atoms with E-state index in [1.54, 1.807) is 11.8 Å². The molecular formula is C10H20N4O2S. The molecule has 0 spiro atoms. The molecule has 98 valence electrons. The van der Waals surface area contributed by atoms with Gasteiger partial charge in [-0.25, -0.2) is 0 Å². The smallest absolute Gasteiger partial charge is 0.322 e. The van der Waals surface area contributed by atoms with Crippen molar-refractivity contribution in [1.82, 2.24) is 5.32 Å². The fourth-order valence-corrected chi connectivity index (χ4v) is 1.95. The van der Waals surface area contributed by atoms with E-state index in [1.807, 2.05) is 0 Å². The van der Waals surface area contributed by atoms with Crippen molar-refractivity contribution in [1.29, 1.82) is 0 Å². The Balaban J connectivity index is 3.84. The summed E-state index contributed by atoms with van der Waals surface area (Å²) >= 11 is 1.80. The molecule has 1 atom stereocenters. The first-order valence-electron chi connectivity index (χ1n) is 5.66. The van der Waals surface area contributed by atoms with E-state index >= 15 is 0 Å². The molecule has 0 amide bonds. The Bertz CT molecular complexity index is 257. The van der Waals surface area contributed by atoms with E-state index < -0.39 is 0 Å². The predicted molar refractivity (Wildman–Crippen MR) is 70.1 cm³/mol. The van der Waals surface area contributed by atoms with E-state index in [-0.39, 0.29) is 12.0 Å². The fourth-order valence-electron chi connectivity index (χ4n) is 1.26. The number of esters is 1. The topological polar surface area (TPSA) is 87.1 Å². The summed E-state index contributed by atoms with van der Waals surface area (Å²) in [5, 5.41) is 6.55. The number of thioether (sulfide) groups is 1. The van der Waals surface area contributed by atoms with Gasteiger partial charge in [0.25, 0.3) is 0 Å². The molecule has 0 aromatic carbocycles. The molecule has 0 aromatic rings. The Morgan fingerprint density at radius 3 is 3.00 bits per heavy atom. The number of rotatable bonds is 10. The van der Waals surface area contributed by atoms with E-state index in [2.05, 4.69) is 22.3 Å². The molecule has 17 heavy (non-hydrogen) atoms. The Morgan fingerprint density at radius 2 is 2.41 bits per heavy atom. The summed E-state index contributed by atoms with van der Waals surface area (Å²) in [6.45, 7) is 3.18. The maximum absolute atomic E-state index is 11.5. The van der Waals surface area contributed by atoms with Crippen LogP contribution in [0.4, 0.5) is 0 Å². The minimum atomic E-state index is -0.259. The molecular weight excluding hydrogens is 240 g/mol. The summed E-state index contributed by atoms with van der Waals surface area (Å²) in [5.41, 5.74) is 8.11. The van der Waals surface area contributed by atoms with Crippen LogP contribution in [0.1, 0.15) is 19.8 Å². The van der Waals surface area contributed by atoms with Crippen LogP contribution in [0, 0.1) is 0 Å². The molecule has 0 bridgehead atoms. The average Bonchev–Trinajstić information content (AvgIpc) is 2.35. The van der Waals surface area contributed by atoms with Gasteiger partial charge in [-0.15, -0.1) is 0 Å². The van der Waals surface area contributed by atoms with E-state index in [1.165, 1.54) is 7.11 Å². The van der Waals surface area contributed by atoms with Crippen molar-refractivity contribution in [2.45, 2.75) is 25.8 Å². The lowest BCUT2D eigenvalue weighted by Crippen LogP contribution is -2.38. The van der Waals surface area contributed by atoms with Crippen LogP contribution in [0.5, 0.6) is 0 Å². The quantitative estimate of drug-likeness (QED) is 0.214. The van der Waals surface area contributed by atoms with Crippen molar-refractivity contribution in [3.8, 4) is 0 Å². The third-order valence-corrected chi connectivity index (χ3v) is 3.06. The van der Waals surface area contributed by atoms with Gasteiger partial charge in [0.1, 0.15) is 6.04 Å². The predicted octanol–water partition coefficient (Wildman–Crippen LogP) is 1.96. The molecule has 6 nitrogen and oxygen atoms in total. The highest BCUT2D eigenvalue weighted by molar-refractivity contribution is 7.99. The Hall–Kier alpha value is -0.910. The molecule has 0 saturated heterocycles. The highest BCUT2D eigenvalue weighted by Gasteiger charge is 2.17. The number of carbonyl (C=O) groups excluding carboxylic acids is 1. The Morgan fingerprint density at radius 1 is 1.65 bits per heavy atom. The van der Waals surface area contributed by atoms with Crippen LogP contribution in [-0.4, -0.2) is 43.7 Å². The molecule has 1 N–H and O–H groups in total. The van der Waals surface area contributed by atoms with E-state index in [4.69, 9.17) is 10.3 Å². The number of nitrogens with zero attached hydrogens (tertiary/aromatic N) is 3. The molecule has 0 saturated carbocycles. The van der Waals surface area contributed by atoms with Crippen LogP contribution in [0.3, 0.4) is 0 Å². The zero-order valence-electron chi connectivity index (χ0n) is 10.4. The van der Waals surface area contributed by atoms with Gasteiger partial charge in [0.05, 0.1) is 7.11 Å². The van der Waals surface area contributed by atoms with Gasteiger partial charge in [0.15, 0.2) is 0 Å². The Kier molecular flexibility index (Phi) is 11.0. The largest absolute Gasteiger partial charge is 0.468 e. The third-order valence-electron chi connectivity index (χ3n) is 2.13. The lowest BCUT2D eigenvalue weighted by atomic mass is 10.2. The van der Waals surface area contributed by atoms with Crippen molar-refractivity contribution in [3.05, 3.63) is 10.4 Å². The van der Waals surface area contributed by atoms with Crippen LogP contribution < -0.4 is 5.32 Å². The molecule has 0 aliphatic rings. The minimum absolute atomic E-state index is 0.231. The van der Waals surface area contributed by atoms with Gasteiger partial charge in [-0.3, -0.25) is 4.79 Å². The Labute approximate surface area is 106 Å². The highest BCUT2D eigenvalue weighted by atomic mass is 32.2. The summed E-state index contributed by atoms with van der Waals surface area (Å²) in [4.78, 5) is 14.1. The number of hydrogen-bond acceptors (Lipinski definition) is 5. The van der Waals surface area contributed by atoms with Gasteiger partial charge < -0.3 is 10.1 Å². The molecule has 0 fully saturated rings. The zero-order chi connectivity index (χ0) is 12.9. The van der Waals surface area contributed by atoms with Gasteiger partial charge >= 0.3 is 5.97 Å². The summed E-state index contributed by atoms with van der Waals surface area (Å²) < 4.78 is 4.73. The van der Waals surface area contributed by atoms with Crippen molar-refractivity contribution >= 4 is 17.7 Å². The number of hydrogen-bond donors (Lipinski definition) is 1. The van der Waals surface area contributed by atoms with Crippen LogP contribution in [0.2, 0.25) is 0 Å². The van der Waals surface area contributed by atoms with E-state index in [0.29, 0.717) is 13.1 Å². The summed E-state index contributed by atoms with van der Waals surface area (Å²) in [7, 11) is 1.39. The second kappa shape index (κ2) is 11.6. The van der Waals surface area contributed by atoms with Crippen LogP contribution in [0.15, 0.2) is 5.11 Å². The van der Waals surface area contributed by atoms with Gasteiger partial charge in [0.2, 0.25) is 0 Å². The van der Waals surface area contributed by atoms with Crippen molar-refractivity contribution in [3.63, 3.8) is 0 Å². The average molecular weight is 260 g/mol.